The van der Waals surface area contributed by atoms with Crippen molar-refractivity contribution in [1.29, 1.82) is 5.26 Å². The van der Waals surface area contributed by atoms with Crippen LogP contribution in [0.5, 0.6) is 0 Å². The number of amides is 2. The van der Waals surface area contributed by atoms with Gasteiger partial charge in [0.25, 0.3) is 5.91 Å². The molecule has 2 aliphatic heterocycles. The van der Waals surface area contributed by atoms with Crippen LogP contribution in [0.3, 0.4) is 0 Å². The van der Waals surface area contributed by atoms with Crippen molar-refractivity contribution in [3.8, 4) is 17.2 Å². The van der Waals surface area contributed by atoms with Crippen LogP contribution in [-0.2, 0) is 11.2 Å². The van der Waals surface area contributed by atoms with E-state index in [4.69, 9.17) is 11.0 Å². The van der Waals surface area contributed by atoms with Gasteiger partial charge < -0.3 is 20.9 Å². The number of piperazine rings is 1. The van der Waals surface area contributed by atoms with E-state index in [0.29, 0.717) is 38.2 Å². The lowest BCUT2D eigenvalue weighted by molar-refractivity contribution is -0.135. The Morgan fingerprint density at radius 3 is 2.29 bits per heavy atom. The molecule has 0 radical (unpaired) electrons. The first-order valence-electron chi connectivity index (χ1n) is 10.7. The lowest BCUT2D eigenvalue weighted by Gasteiger charge is -2.36. The number of benzene rings is 2. The Labute approximate surface area is 181 Å². The molecule has 3 N–H and O–H groups in total. The number of nitrogens with one attached hydrogen (secondary N) is 1. The molecule has 158 valence electrons. The van der Waals surface area contributed by atoms with E-state index in [9.17, 15) is 9.59 Å². The van der Waals surface area contributed by atoms with E-state index in [-0.39, 0.29) is 17.9 Å². The van der Waals surface area contributed by atoms with Gasteiger partial charge in [0.2, 0.25) is 5.91 Å². The molecular formula is C24H25N5O2. The molecule has 1 saturated carbocycles. The SMILES string of the molecule is N#CC1Cc2cc(-c3ccc(C(=O)N4CCN(C(=O)C5(N)CC5)CC4)cc3)ccc2N1. The first kappa shape index (κ1) is 19.6. The number of nitrogens with zero attached hydrogens (tertiary/aromatic N) is 3. The Kier molecular flexibility index (Phi) is 4.67. The normalized spacial score (nSPS) is 21.1. The quantitative estimate of drug-likeness (QED) is 0.798. The lowest BCUT2D eigenvalue weighted by Crippen LogP contribution is -2.55. The van der Waals surface area contributed by atoms with E-state index in [0.717, 1.165) is 35.2 Å². The number of nitriles is 1. The van der Waals surface area contributed by atoms with Crippen LogP contribution in [0, 0.1) is 11.3 Å². The molecule has 0 bridgehead atoms. The molecule has 1 aliphatic carbocycles. The van der Waals surface area contributed by atoms with Gasteiger partial charge in [0.05, 0.1) is 11.6 Å². The summed E-state index contributed by atoms with van der Waals surface area (Å²) in [6.07, 6.45) is 2.23. The Morgan fingerprint density at radius 2 is 1.65 bits per heavy atom. The van der Waals surface area contributed by atoms with E-state index >= 15 is 0 Å². The Hall–Kier alpha value is -3.37. The maximum absolute atomic E-state index is 12.9. The molecular weight excluding hydrogens is 390 g/mol. The van der Waals surface area contributed by atoms with Crippen LogP contribution < -0.4 is 11.1 Å². The maximum atomic E-state index is 12.9. The van der Waals surface area contributed by atoms with Crippen LogP contribution in [0.25, 0.3) is 11.1 Å². The average Bonchev–Trinajstić information content (AvgIpc) is 3.43. The zero-order valence-corrected chi connectivity index (χ0v) is 17.3. The molecule has 1 saturated heterocycles. The highest BCUT2D eigenvalue weighted by Gasteiger charge is 2.48. The molecule has 5 rings (SSSR count). The minimum absolute atomic E-state index is 0.0115. The monoisotopic (exact) mass is 415 g/mol. The minimum Gasteiger partial charge on any atom is -0.369 e. The van der Waals surface area contributed by atoms with Gasteiger partial charge in [-0.05, 0) is 53.8 Å². The molecule has 1 atom stereocenters. The standard InChI is InChI=1S/C24H25N5O2/c25-15-20-14-19-13-18(5-6-21(19)27-20)16-1-3-17(4-2-16)22(30)28-9-11-29(12-10-28)23(31)24(26)7-8-24/h1-6,13,20,27H,7-12,14,26H2. The number of fused-ring (bicyclic) bond motifs is 1. The number of rotatable bonds is 3. The summed E-state index contributed by atoms with van der Waals surface area (Å²) in [7, 11) is 0. The fourth-order valence-corrected chi connectivity index (χ4v) is 4.38. The zero-order chi connectivity index (χ0) is 21.6. The summed E-state index contributed by atoms with van der Waals surface area (Å²) in [6, 6.07) is 15.9. The second-order valence-electron chi connectivity index (χ2n) is 8.72. The van der Waals surface area contributed by atoms with Gasteiger partial charge in [0.15, 0.2) is 0 Å². The summed E-state index contributed by atoms with van der Waals surface area (Å²) in [5.74, 6) is 0.0112. The van der Waals surface area contributed by atoms with E-state index in [1.807, 2.05) is 36.4 Å². The first-order valence-corrected chi connectivity index (χ1v) is 10.7. The summed E-state index contributed by atoms with van der Waals surface area (Å²) in [5, 5.41) is 12.3. The highest BCUT2D eigenvalue weighted by molar-refractivity contribution is 5.95. The minimum atomic E-state index is -0.648. The van der Waals surface area contributed by atoms with Gasteiger partial charge in [-0.15, -0.1) is 0 Å². The van der Waals surface area contributed by atoms with E-state index in [1.54, 1.807) is 9.80 Å². The van der Waals surface area contributed by atoms with Gasteiger partial charge in [-0.3, -0.25) is 9.59 Å². The number of hydrogen-bond acceptors (Lipinski definition) is 5. The summed E-state index contributed by atoms with van der Waals surface area (Å²) < 4.78 is 0. The van der Waals surface area contributed by atoms with Crippen LogP contribution >= 0.6 is 0 Å². The Morgan fingerprint density at radius 1 is 1.00 bits per heavy atom. The van der Waals surface area contributed by atoms with E-state index in [2.05, 4.69) is 17.5 Å². The molecule has 31 heavy (non-hydrogen) atoms. The summed E-state index contributed by atoms with van der Waals surface area (Å²) in [5.41, 5.74) is 10.3. The molecule has 7 heteroatoms. The second-order valence-corrected chi connectivity index (χ2v) is 8.72. The maximum Gasteiger partial charge on any atom is 0.253 e. The Balaban J connectivity index is 1.23. The molecule has 1 unspecified atom stereocenters. The largest absolute Gasteiger partial charge is 0.369 e. The van der Waals surface area contributed by atoms with Crippen LogP contribution in [0.1, 0.15) is 28.8 Å². The van der Waals surface area contributed by atoms with Gasteiger partial charge in [0, 0.05) is 43.9 Å². The highest BCUT2D eigenvalue weighted by Crippen LogP contribution is 2.34. The predicted octanol–water partition coefficient (Wildman–Crippen LogP) is 1.99. The van der Waals surface area contributed by atoms with Crippen LogP contribution in [0.15, 0.2) is 42.5 Å². The van der Waals surface area contributed by atoms with Crippen molar-refractivity contribution >= 4 is 17.5 Å². The van der Waals surface area contributed by atoms with Gasteiger partial charge in [-0.1, -0.05) is 18.2 Å². The first-order chi connectivity index (χ1) is 15.0. The third-order valence-corrected chi connectivity index (χ3v) is 6.55. The molecule has 7 nitrogen and oxygen atoms in total. The second kappa shape index (κ2) is 7.40. The van der Waals surface area contributed by atoms with Crippen molar-refractivity contribution in [3.05, 3.63) is 53.6 Å². The van der Waals surface area contributed by atoms with Crippen molar-refractivity contribution in [2.75, 3.05) is 31.5 Å². The van der Waals surface area contributed by atoms with Crippen molar-refractivity contribution in [2.45, 2.75) is 30.8 Å². The van der Waals surface area contributed by atoms with Crippen molar-refractivity contribution in [2.24, 2.45) is 5.73 Å². The van der Waals surface area contributed by atoms with E-state index < -0.39 is 5.54 Å². The van der Waals surface area contributed by atoms with E-state index in [1.165, 1.54) is 0 Å². The van der Waals surface area contributed by atoms with Crippen molar-refractivity contribution < 1.29 is 9.59 Å². The molecule has 2 aromatic carbocycles. The molecule has 2 heterocycles. The molecule has 0 spiro atoms. The summed E-state index contributed by atoms with van der Waals surface area (Å²) >= 11 is 0. The van der Waals surface area contributed by atoms with Crippen LogP contribution in [-0.4, -0.2) is 59.4 Å². The van der Waals surface area contributed by atoms with Crippen molar-refractivity contribution in [1.82, 2.24) is 9.80 Å². The number of carbonyl (C=O) groups is 2. The van der Waals surface area contributed by atoms with Gasteiger partial charge >= 0.3 is 0 Å². The molecule has 0 aromatic heterocycles. The number of nitrogens with two attached hydrogens (primary N) is 1. The van der Waals surface area contributed by atoms with Gasteiger partial charge in [-0.25, -0.2) is 0 Å². The topological polar surface area (TPSA) is 102 Å². The summed E-state index contributed by atoms with van der Waals surface area (Å²) in [6.45, 7) is 2.13. The number of anilines is 1. The number of carbonyl (C=O) groups excluding carboxylic acids is 2. The van der Waals surface area contributed by atoms with Gasteiger partial charge in [-0.2, -0.15) is 5.26 Å². The van der Waals surface area contributed by atoms with Gasteiger partial charge in [0.1, 0.15) is 6.04 Å². The van der Waals surface area contributed by atoms with Crippen LogP contribution in [0.2, 0.25) is 0 Å². The fraction of sp³-hybridized carbons (Fsp3) is 0.375. The lowest BCUT2D eigenvalue weighted by atomic mass is 10.00. The van der Waals surface area contributed by atoms with Crippen LogP contribution in [0.4, 0.5) is 5.69 Å². The molecule has 2 fully saturated rings. The average molecular weight is 415 g/mol. The predicted molar refractivity (Wildman–Crippen MR) is 117 cm³/mol. The van der Waals surface area contributed by atoms with Crippen molar-refractivity contribution in [3.63, 3.8) is 0 Å². The zero-order valence-electron chi connectivity index (χ0n) is 17.3. The third-order valence-electron chi connectivity index (χ3n) is 6.55. The Bertz CT molecular complexity index is 1080. The molecule has 2 aromatic rings. The fourth-order valence-electron chi connectivity index (χ4n) is 4.38. The summed E-state index contributed by atoms with van der Waals surface area (Å²) in [4.78, 5) is 28.9. The molecule has 2 amide bonds. The smallest absolute Gasteiger partial charge is 0.253 e. The molecule has 3 aliphatic rings. The third kappa shape index (κ3) is 3.64. The highest BCUT2D eigenvalue weighted by atomic mass is 16.2. The number of hydrogen-bond donors (Lipinski definition) is 2.